The Bertz CT molecular complexity index is 1020. The van der Waals surface area contributed by atoms with Crippen LogP contribution >= 0.6 is 0 Å². The predicted molar refractivity (Wildman–Crippen MR) is 121 cm³/mol. The van der Waals surface area contributed by atoms with Gasteiger partial charge < -0.3 is 14.8 Å². The van der Waals surface area contributed by atoms with Crippen molar-refractivity contribution in [2.45, 2.75) is 58.5 Å². The molecule has 0 bridgehead atoms. The normalized spacial score (nSPS) is 15.3. The Balaban J connectivity index is 1.66. The highest BCUT2D eigenvalue weighted by molar-refractivity contribution is 5.90. The van der Waals surface area contributed by atoms with Gasteiger partial charge in [-0.05, 0) is 46.6 Å². The maximum absolute atomic E-state index is 12.3. The number of hydrogen-bond donors (Lipinski definition) is 1. The Morgan fingerprint density at radius 1 is 1.10 bits per heavy atom. The molecule has 6 nitrogen and oxygen atoms in total. The summed E-state index contributed by atoms with van der Waals surface area (Å²) in [6, 6.07) is 13.0. The zero-order valence-electron chi connectivity index (χ0n) is 18.3. The summed E-state index contributed by atoms with van der Waals surface area (Å²) in [5.74, 6) is 0.343. The highest BCUT2D eigenvalue weighted by Crippen LogP contribution is 2.34. The van der Waals surface area contributed by atoms with Crippen molar-refractivity contribution in [1.82, 2.24) is 24.8 Å². The maximum atomic E-state index is 12.3. The molecule has 2 amide bonds. The standard InChI is InChI=1S/C24H31N5O/c1-16(2)26-24(30)28-12-10-18(11-13-28)20-14-21-23(25-15-29(21)17(3)4)22(27-20)19-8-6-5-7-9-19/h5-9,14-18H,10-13H2,1-4H3,(H,26,30). The van der Waals surface area contributed by atoms with Crippen LogP contribution in [0.2, 0.25) is 0 Å². The molecule has 1 aliphatic rings. The summed E-state index contributed by atoms with van der Waals surface area (Å²) in [4.78, 5) is 24.1. The Kier molecular flexibility index (Phi) is 5.75. The Hall–Kier alpha value is -2.89. The van der Waals surface area contributed by atoms with E-state index in [0.717, 1.165) is 53.9 Å². The number of rotatable bonds is 4. The van der Waals surface area contributed by atoms with Gasteiger partial charge >= 0.3 is 6.03 Å². The topological polar surface area (TPSA) is 63.1 Å². The van der Waals surface area contributed by atoms with Gasteiger partial charge in [0.15, 0.2) is 0 Å². The third kappa shape index (κ3) is 4.04. The van der Waals surface area contributed by atoms with E-state index in [9.17, 15) is 4.79 Å². The number of piperidine rings is 1. The average Bonchev–Trinajstić information content (AvgIpc) is 3.17. The van der Waals surface area contributed by atoms with Crippen LogP contribution in [0.5, 0.6) is 0 Å². The molecule has 158 valence electrons. The fourth-order valence-electron chi connectivity index (χ4n) is 4.18. The van der Waals surface area contributed by atoms with Crippen LogP contribution in [-0.2, 0) is 0 Å². The van der Waals surface area contributed by atoms with Crippen molar-refractivity contribution in [1.29, 1.82) is 0 Å². The van der Waals surface area contributed by atoms with Crippen molar-refractivity contribution in [2.24, 2.45) is 0 Å². The summed E-state index contributed by atoms with van der Waals surface area (Å²) in [5, 5.41) is 3.00. The molecular formula is C24H31N5O. The number of hydrogen-bond acceptors (Lipinski definition) is 3. The zero-order valence-corrected chi connectivity index (χ0v) is 18.3. The first-order chi connectivity index (χ1) is 14.4. The van der Waals surface area contributed by atoms with E-state index in [1.165, 1.54) is 0 Å². The van der Waals surface area contributed by atoms with Crippen LogP contribution in [0.25, 0.3) is 22.3 Å². The molecule has 0 saturated carbocycles. The van der Waals surface area contributed by atoms with Crippen LogP contribution in [-0.4, -0.2) is 44.6 Å². The Morgan fingerprint density at radius 3 is 2.43 bits per heavy atom. The zero-order chi connectivity index (χ0) is 21.3. The van der Waals surface area contributed by atoms with E-state index in [1.807, 2.05) is 43.3 Å². The van der Waals surface area contributed by atoms with Crippen molar-refractivity contribution in [2.75, 3.05) is 13.1 Å². The molecule has 30 heavy (non-hydrogen) atoms. The minimum atomic E-state index is 0.0368. The van der Waals surface area contributed by atoms with Gasteiger partial charge in [0.25, 0.3) is 0 Å². The fraction of sp³-hybridized carbons (Fsp3) is 0.458. The second kappa shape index (κ2) is 8.46. The van der Waals surface area contributed by atoms with Crippen LogP contribution in [0, 0.1) is 0 Å². The van der Waals surface area contributed by atoms with Gasteiger partial charge in [0.05, 0.1) is 17.5 Å². The highest BCUT2D eigenvalue weighted by atomic mass is 16.2. The first-order valence-corrected chi connectivity index (χ1v) is 10.9. The average molecular weight is 406 g/mol. The van der Waals surface area contributed by atoms with Crippen LogP contribution in [0.4, 0.5) is 4.79 Å². The van der Waals surface area contributed by atoms with Gasteiger partial charge in [-0.25, -0.2) is 9.78 Å². The number of nitrogens with one attached hydrogen (secondary N) is 1. The van der Waals surface area contributed by atoms with Crippen molar-refractivity contribution < 1.29 is 4.79 Å². The lowest BCUT2D eigenvalue weighted by molar-refractivity contribution is 0.178. The second-order valence-electron chi connectivity index (χ2n) is 8.74. The number of carbonyl (C=O) groups excluding carboxylic acids is 1. The van der Waals surface area contributed by atoms with E-state index in [2.05, 4.69) is 41.9 Å². The summed E-state index contributed by atoms with van der Waals surface area (Å²) in [6.07, 6.45) is 3.77. The van der Waals surface area contributed by atoms with Crippen LogP contribution in [0.15, 0.2) is 42.7 Å². The maximum Gasteiger partial charge on any atom is 0.317 e. The van der Waals surface area contributed by atoms with Crippen molar-refractivity contribution in [3.8, 4) is 11.3 Å². The lowest BCUT2D eigenvalue weighted by Gasteiger charge is -2.32. The predicted octanol–water partition coefficient (Wildman–Crippen LogP) is 4.98. The number of urea groups is 1. The van der Waals surface area contributed by atoms with Gasteiger partial charge in [-0.3, -0.25) is 4.98 Å². The molecular weight excluding hydrogens is 374 g/mol. The summed E-state index contributed by atoms with van der Waals surface area (Å²) in [5.41, 5.74) is 5.23. The minimum absolute atomic E-state index is 0.0368. The molecule has 1 aliphatic heterocycles. The van der Waals surface area contributed by atoms with Gasteiger partial charge in [0, 0.05) is 42.3 Å². The second-order valence-corrected chi connectivity index (χ2v) is 8.74. The van der Waals surface area contributed by atoms with Gasteiger partial charge in [0.1, 0.15) is 5.52 Å². The summed E-state index contributed by atoms with van der Waals surface area (Å²) in [6.45, 7) is 9.85. The smallest absolute Gasteiger partial charge is 0.317 e. The number of amides is 2. The molecule has 0 unspecified atom stereocenters. The fourth-order valence-corrected chi connectivity index (χ4v) is 4.18. The van der Waals surface area contributed by atoms with Gasteiger partial charge in [-0.15, -0.1) is 0 Å². The third-order valence-corrected chi connectivity index (χ3v) is 5.80. The first kappa shape index (κ1) is 20.4. The SMILES string of the molecule is CC(C)NC(=O)N1CCC(c2cc3c(ncn3C(C)C)c(-c3ccccc3)n2)CC1. The third-order valence-electron chi connectivity index (χ3n) is 5.80. The van der Waals surface area contributed by atoms with E-state index >= 15 is 0 Å². The number of carbonyl (C=O) groups is 1. The molecule has 1 saturated heterocycles. The van der Waals surface area contributed by atoms with Gasteiger partial charge in [-0.1, -0.05) is 30.3 Å². The van der Waals surface area contributed by atoms with Crippen molar-refractivity contribution >= 4 is 17.1 Å². The van der Waals surface area contributed by atoms with Gasteiger partial charge in [-0.2, -0.15) is 0 Å². The molecule has 0 aliphatic carbocycles. The van der Waals surface area contributed by atoms with E-state index < -0.39 is 0 Å². The number of nitrogens with zero attached hydrogens (tertiary/aromatic N) is 4. The molecule has 1 N–H and O–H groups in total. The molecule has 0 spiro atoms. The molecule has 3 heterocycles. The molecule has 0 radical (unpaired) electrons. The Labute approximate surface area is 178 Å². The van der Waals surface area contributed by atoms with Crippen LogP contribution < -0.4 is 5.32 Å². The number of pyridine rings is 1. The molecule has 3 aromatic rings. The van der Waals surface area contributed by atoms with E-state index in [0.29, 0.717) is 12.0 Å². The van der Waals surface area contributed by atoms with Crippen LogP contribution in [0.3, 0.4) is 0 Å². The first-order valence-electron chi connectivity index (χ1n) is 10.9. The number of aromatic nitrogens is 3. The number of benzene rings is 1. The molecule has 2 aromatic heterocycles. The monoisotopic (exact) mass is 405 g/mol. The van der Waals surface area contributed by atoms with E-state index in [1.54, 1.807) is 0 Å². The van der Waals surface area contributed by atoms with Crippen LogP contribution in [0.1, 0.15) is 58.2 Å². The molecule has 1 fully saturated rings. The minimum Gasteiger partial charge on any atom is -0.336 e. The molecule has 4 rings (SSSR count). The number of likely N-dealkylation sites (tertiary alicyclic amines) is 1. The lowest BCUT2D eigenvalue weighted by Crippen LogP contribution is -2.46. The van der Waals surface area contributed by atoms with E-state index in [4.69, 9.17) is 9.97 Å². The van der Waals surface area contributed by atoms with Crippen molar-refractivity contribution in [3.63, 3.8) is 0 Å². The lowest BCUT2D eigenvalue weighted by atomic mass is 9.92. The van der Waals surface area contributed by atoms with E-state index in [-0.39, 0.29) is 12.1 Å². The van der Waals surface area contributed by atoms with Crippen molar-refractivity contribution in [3.05, 3.63) is 48.4 Å². The quantitative estimate of drug-likeness (QED) is 0.666. The van der Waals surface area contributed by atoms with Gasteiger partial charge in [0.2, 0.25) is 0 Å². The highest BCUT2D eigenvalue weighted by Gasteiger charge is 2.26. The molecule has 0 atom stereocenters. The summed E-state index contributed by atoms with van der Waals surface area (Å²) < 4.78 is 2.22. The number of fused-ring (bicyclic) bond motifs is 1. The Morgan fingerprint density at radius 2 is 1.80 bits per heavy atom. The molecule has 1 aromatic carbocycles. The largest absolute Gasteiger partial charge is 0.336 e. The number of imidazole rings is 1. The molecule has 6 heteroatoms. The summed E-state index contributed by atoms with van der Waals surface area (Å²) >= 11 is 0. The summed E-state index contributed by atoms with van der Waals surface area (Å²) in [7, 11) is 0.